The third-order valence-corrected chi connectivity index (χ3v) is 7.28. The van der Waals surface area contributed by atoms with E-state index in [-0.39, 0.29) is 4.90 Å². The molecule has 0 spiro atoms. The van der Waals surface area contributed by atoms with Gasteiger partial charge in [0.1, 0.15) is 10.7 Å². The molecule has 0 saturated carbocycles. The second kappa shape index (κ2) is 8.86. The Balaban J connectivity index is 1.55. The molecule has 2 aliphatic heterocycles. The molecular weight excluding hydrogens is 362 g/mol. The van der Waals surface area contributed by atoms with Gasteiger partial charge in [-0.05, 0) is 37.9 Å². The Kier molecular flexibility index (Phi) is 6.73. The van der Waals surface area contributed by atoms with E-state index in [1.54, 1.807) is 16.4 Å². The van der Waals surface area contributed by atoms with Crippen LogP contribution in [0.15, 0.2) is 23.2 Å². The van der Waals surface area contributed by atoms with E-state index in [1.807, 2.05) is 7.05 Å². The maximum Gasteiger partial charge on any atom is 0.244 e. The molecular formula is C19H33N5O2S. The zero-order valence-corrected chi connectivity index (χ0v) is 17.6. The van der Waals surface area contributed by atoms with Gasteiger partial charge in [0, 0.05) is 58.1 Å². The Morgan fingerprint density at radius 2 is 1.78 bits per heavy atom. The number of sulfonamides is 1. The normalized spacial score (nSPS) is 21.6. The van der Waals surface area contributed by atoms with E-state index >= 15 is 0 Å². The molecule has 0 atom stereocenters. The molecule has 1 aromatic heterocycles. The van der Waals surface area contributed by atoms with E-state index < -0.39 is 10.0 Å². The molecule has 0 aliphatic carbocycles. The van der Waals surface area contributed by atoms with Crippen LogP contribution in [-0.2, 0) is 10.0 Å². The number of nitrogens with one attached hydrogen (secondary N) is 1. The monoisotopic (exact) mass is 395 g/mol. The largest absolute Gasteiger partial charge is 0.367 e. The second-order valence-electron chi connectivity index (χ2n) is 8.20. The van der Waals surface area contributed by atoms with Crippen molar-refractivity contribution in [3.8, 4) is 0 Å². The smallest absolute Gasteiger partial charge is 0.244 e. The van der Waals surface area contributed by atoms with Crippen molar-refractivity contribution in [2.24, 2.45) is 5.92 Å². The van der Waals surface area contributed by atoms with Gasteiger partial charge in [0.2, 0.25) is 10.0 Å². The van der Waals surface area contributed by atoms with Crippen molar-refractivity contribution in [1.82, 2.24) is 19.1 Å². The van der Waals surface area contributed by atoms with Crippen LogP contribution in [0.3, 0.4) is 0 Å². The molecule has 1 N–H and O–H groups in total. The highest BCUT2D eigenvalue weighted by molar-refractivity contribution is 7.89. The van der Waals surface area contributed by atoms with Crippen LogP contribution in [-0.4, -0.2) is 86.4 Å². The maximum atomic E-state index is 12.8. The molecule has 2 aliphatic rings. The van der Waals surface area contributed by atoms with Crippen LogP contribution in [0, 0.1) is 5.92 Å². The number of piperidine rings is 1. The van der Waals surface area contributed by atoms with Gasteiger partial charge in [-0.3, -0.25) is 0 Å². The van der Waals surface area contributed by atoms with Crippen LogP contribution in [0.2, 0.25) is 0 Å². The summed E-state index contributed by atoms with van der Waals surface area (Å²) in [6.07, 6.45) is 3.68. The third kappa shape index (κ3) is 5.40. The van der Waals surface area contributed by atoms with Gasteiger partial charge in [0.15, 0.2) is 0 Å². The molecule has 0 radical (unpaired) electrons. The van der Waals surface area contributed by atoms with Crippen LogP contribution in [0.5, 0.6) is 0 Å². The Morgan fingerprint density at radius 1 is 1.11 bits per heavy atom. The van der Waals surface area contributed by atoms with Crippen molar-refractivity contribution in [2.75, 3.05) is 58.2 Å². The molecule has 2 fully saturated rings. The summed E-state index contributed by atoms with van der Waals surface area (Å²) in [5.41, 5.74) is 0. The van der Waals surface area contributed by atoms with E-state index in [4.69, 9.17) is 0 Å². The number of nitrogens with zero attached hydrogens (tertiary/aromatic N) is 4. The number of anilines is 1. The molecule has 0 unspecified atom stereocenters. The van der Waals surface area contributed by atoms with Crippen molar-refractivity contribution in [1.29, 1.82) is 0 Å². The first-order valence-electron chi connectivity index (χ1n) is 9.98. The van der Waals surface area contributed by atoms with Crippen LogP contribution < -0.4 is 5.32 Å². The highest BCUT2D eigenvalue weighted by atomic mass is 32.2. The van der Waals surface area contributed by atoms with Crippen LogP contribution >= 0.6 is 0 Å². The van der Waals surface area contributed by atoms with E-state index in [9.17, 15) is 8.42 Å². The lowest BCUT2D eigenvalue weighted by Crippen LogP contribution is -2.47. The summed E-state index contributed by atoms with van der Waals surface area (Å²) in [6, 6.07) is 3.88. The van der Waals surface area contributed by atoms with Gasteiger partial charge in [-0.2, -0.15) is 4.31 Å². The lowest BCUT2D eigenvalue weighted by atomic mass is 10.0. The number of aromatic nitrogens is 1. The summed E-state index contributed by atoms with van der Waals surface area (Å²) < 4.78 is 27.1. The minimum Gasteiger partial charge on any atom is -0.367 e. The molecule has 3 rings (SSSR count). The Morgan fingerprint density at radius 3 is 2.33 bits per heavy atom. The molecule has 1 aromatic rings. The summed E-state index contributed by atoms with van der Waals surface area (Å²) >= 11 is 0. The molecule has 152 valence electrons. The van der Waals surface area contributed by atoms with Crippen molar-refractivity contribution in [2.45, 2.75) is 37.6 Å². The van der Waals surface area contributed by atoms with Crippen LogP contribution in [0.1, 0.15) is 26.7 Å². The van der Waals surface area contributed by atoms with E-state index in [2.05, 4.69) is 33.9 Å². The van der Waals surface area contributed by atoms with E-state index in [0.717, 1.165) is 51.4 Å². The topological polar surface area (TPSA) is 68.8 Å². The number of hydrogen-bond acceptors (Lipinski definition) is 6. The second-order valence-corrected chi connectivity index (χ2v) is 10.1. The Hall–Kier alpha value is -1.22. The van der Waals surface area contributed by atoms with Gasteiger partial charge in [-0.15, -0.1) is 0 Å². The number of likely N-dealkylation sites (N-methyl/N-ethyl adjacent to an activating group) is 1. The lowest BCUT2D eigenvalue weighted by molar-refractivity contribution is 0.198. The predicted molar refractivity (Wildman–Crippen MR) is 108 cm³/mol. The average Bonchev–Trinajstić information content (AvgIpc) is 2.64. The average molecular weight is 396 g/mol. The summed E-state index contributed by atoms with van der Waals surface area (Å²) in [6.45, 7) is 10.5. The van der Waals surface area contributed by atoms with Gasteiger partial charge in [0.05, 0.1) is 0 Å². The number of piperazine rings is 1. The van der Waals surface area contributed by atoms with Gasteiger partial charge in [-0.1, -0.05) is 13.8 Å². The summed E-state index contributed by atoms with van der Waals surface area (Å²) in [4.78, 5) is 9.32. The van der Waals surface area contributed by atoms with Crippen molar-refractivity contribution < 1.29 is 8.42 Å². The zero-order chi connectivity index (χ0) is 19.4. The molecule has 2 saturated heterocycles. The van der Waals surface area contributed by atoms with Gasteiger partial charge in [0.25, 0.3) is 0 Å². The third-order valence-electron chi connectivity index (χ3n) is 5.40. The molecule has 0 bridgehead atoms. The SMILES string of the molecule is CC(C)CN1CCC(Nc2ccc(S(=O)(=O)N3CCN(C)CC3)cn2)CC1. The van der Waals surface area contributed by atoms with E-state index in [1.165, 1.54) is 6.20 Å². The predicted octanol–water partition coefficient (Wildman–Crippen LogP) is 1.55. The minimum absolute atomic E-state index is 0.282. The van der Waals surface area contributed by atoms with Crippen molar-refractivity contribution in [3.63, 3.8) is 0 Å². The van der Waals surface area contributed by atoms with Gasteiger partial charge in [-0.25, -0.2) is 13.4 Å². The van der Waals surface area contributed by atoms with Gasteiger partial charge >= 0.3 is 0 Å². The zero-order valence-electron chi connectivity index (χ0n) is 16.8. The first kappa shape index (κ1) is 20.5. The first-order valence-corrected chi connectivity index (χ1v) is 11.4. The van der Waals surface area contributed by atoms with Crippen LogP contribution in [0.4, 0.5) is 5.82 Å². The Labute approximate surface area is 163 Å². The fraction of sp³-hybridized carbons (Fsp3) is 0.737. The number of pyridine rings is 1. The van der Waals surface area contributed by atoms with Crippen molar-refractivity contribution >= 4 is 15.8 Å². The number of rotatable bonds is 6. The summed E-state index contributed by atoms with van der Waals surface area (Å²) in [5, 5.41) is 3.47. The van der Waals surface area contributed by atoms with Crippen LogP contribution in [0.25, 0.3) is 0 Å². The summed E-state index contributed by atoms with van der Waals surface area (Å²) in [7, 11) is -1.43. The molecule has 0 aromatic carbocycles. The Bertz CT molecular complexity index is 691. The van der Waals surface area contributed by atoms with E-state index in [0.29, 0.717) is 25.0 Å². The molecule has 7 nitrogen and oxygen atoms in total. The highest BCUT2D eigenvalue weighted by Gasteiger charge is 2.28. The standard InChI is InChI=1S/C19H33N5O2S/c1-16(2)15-23-8-6-17(7-9-23)21-19-5-4-18(14-20-19)27(25,26)24-12-10-22(3)11-13-24/h4-5,14,16-17H,6-13,15H2,1-3H3,(H,20,21). The lowest BCUT2D eigenvalue weighted by Gasteiger charge is -2.33. The highest BCUT2D eigenvalue weighted by Crippen LogP contribution is 2.20. The quantitative estimate of drug-likeness (QED) is 0.788. The minimum atomic E-state index is -3.44. The molecule has 8 heteroatoms. The number of likely N-dealkylation sites (tertiary alicyclic amines) is 1. The van der Waals surface area contributed by atoms with Crippen molar-refractivity contribution in [3.05, 3.63) is 18.3 Å². The maximum absolute atomic E-state index is 12.8. The molecule has 27 heavy (non-hydrogen) atoms. The molecule has 3 heterocycles. The summed E-state index contributed by atoms with van der Waals surface area (Å²) in [5.74, 6) is 1.46. The first-order chi connectivity index (χ1) is 12.8. The fourth-order valence-electron chi connectivity index (χ4n) is 3.78. The van der Waals surface area contributed by atoms with Gasteiger partial charge < -0.3 is 15.1 Å². The number of hydrogen-bond donors (Lipinski definition) is 1. The fourth-order valence-corrected chi connectivity index (χ4v) is 5.15. The molecule has 0 amide bonds.